The summed E-state index contributed by atoms with van der Waals surface area (Å²) >= 11 is 0. The van der Waals surface area contributed by atoms with E-state index in [9.17, 15) is 0 Å². The lowest BCUT2D eigenvalue weighted by atomic mass is 9.89. The van der Waals surface area contributed by atoms with E-state index in [1.165, 1.54) is 44.3 Å². The lowest BCUT2D eigenvalue weighted by Crippen LogP contribution is -2.56. The molecule has 0 bridgehead atoms. The van der Waals surface area contributed by atoms with Gasteiger partial charge in [0.15, 0.2) is 5.82 Å². The van der Waals surface area contributed by atoms with Crippen LogP contribution in [0.2, 0.25) is 0 Å². The summed E-state index contributed by atoms with van der Waals surface area (Å²) in [5.74, 6) is 2.80. The number of aromatic nitrogens is 3. The minimum Gasteiger partial charge on any atom is -0.496 e. The average Bonchev–Trinajstić information content (AvgIpc) is 3.53. The SMILES string of the molecule is CCCCCNc1nc(N)nc2ccn(Cc3ccc(CN4CC(C5(NC)CC5)C4)cc3OC)c12. The number of unbranched alkanes of at least 4 members (excludes halogenated alkanes) is 2. The number of nitrogens with one attached hydrogen (secondary N) is 2. The molecule has 188 valence electrons. The molecule has 1 aliphatic heterocycles. The minimum absolute atomic E-state index is 0.297. The molecule has 0 radical (unpaired) electrons. The summed E-state index contributed by atoms with van der Waals surface area (Å²) in [6, 6.07) is 8.63. The van der Waals surface area contributed by atoms with Crippen molar-refractivity contribution in [2.75, 3.05) is 44.8 Å². The highest BCUT2D eigenvalue weighted by Gasteiger charge is 2.52. The summed E-state index contributed by atoms with van der Waals surface area (Å²) < 4.78 is 8.00. The number of nitrogen functional groups attached to an aromatic ring is 1. The number of ether oxygens (including phenoxy) is 1. The molecule has 0 spiro atoms. The Kier molecular flexibility index (Phi) is 6.84. The molecule has 1 aromatic carbocycles. The molecule has 4 N–H and O–H groups in total. The van der Waals surface area contributed by atoms with Crippen LogP contribution in [0.25, 0.3) is 11.0 Å². The molecule has 3 aromatic rings. The monoisotopic (exact) mass is 477 g/mol. The van der Waals surface area contributed by atoms with Gasteiger partial charge in [0.05, 0.1) is 19.2 Å². The van der Waals surface area contributed by atoms with Crippen molar-refractivity contribution in [3.05, 3.63) is 41.6 Å². The van der Waals surface area contributed by atoms with Gasteiger partial charge in [0.2, 0.25) is 5.95 Å². The van der Waals surface area contributed by atoms with Gasteiger partial charge in [-0.15, -0.1) is 0 Å². The van der Waals surface area contributed by atoms with Gasteiger partial charge in [-0.05, 0) is 44.0 Å². The molecule has 0 amide bonds. The van der Waals surface area contributed by atoms with Crippen molar-refractivity contribution in [2.45, 2.75) is 57.7 Å². The maximum Gasteiger partial charge on any atom is 0.222 e. The summed E-state index contributed by atoms with van der Waals surface area (Å²) in [4.78, 5) is 11.5. The smallest absolute Gasteiger partial charge is 0.222 e. The molecule has 2 aromatic heterocycles. The van der Waals surface area contributed by atoms with E-state index in [1.807, 2.05) is 6.07 Å². The van der Waals surface area contributed by atoms with Crippen LogP contribution >= 0.6 is 0 Å². The third-order valence-corrected chi connectivity index (χ3v) is 7.82. The van der Waals surface area contributed by atoms with E-state index in [2.05, 4.69) is 68.4 Å². The highest BCUT2D eigenvalue weighted by atomic mass is 16.5. The molecule has 1 saturated carbocycles. The second kappa shape index (κ2) is 10.0. The number of methoxy groups -OCH3 is 1. The Hall–Kier alpha value is -2.84. The van der Waals surface area contributed by atoms with Crippen molar-refractivity contribution in [2.24, 2.45) is 5.92 Å². The van der Waals surface area contributed by atoms with Gasteiger partial charge in [0.1, 0.15) is 11.3 Å². The van der Waals surface area contributed by atoms with Crippen LogP contribution in [0.5, 0.6) is 5.75 Å². The van der Waals surface area contributed by atoms with Gasteiger partial charge >= 0.3 is 0 Å². The van der Waals surface area contributed by atoms with E-state index in [4.69, 9.17) is 10.5 Å². The average molecular weight is 478 g/mol. The predicted molar refractivity (Wildman–Crippen MR) is 142 cm³/mol. The number of benzene rings is 1. The third-order valence-electron chi connectivity index (χ3n) is 7.82. The van der Waals surface area contributed by atoms with Gasteiger partial charge < -0.3 is 25.7 Å². The predicted octanol–water partition coefficient (Wildman–Crippen LogP) is 3.86. The Bertz CT molecular complexity index is 1160. The van der Waals surface area contributed by atoms with Crippen LogP contribution in [0.4, 0.5) is 11.8 Å². The van der Waals surface area contributed by atoms with Crippen molar-refractivity contribution >= 4 is 22.8 Å². The third kappa shape index (κ3) is 4.95. The van der Waals surface area contributed by atoms with E-state index < -0.39 is 0 Å². The molecule has 0 unspecified atom stereocenters. The van der Waals surface area contributed by atoms with E-state index in [-0.39, 0.29) is 0 Å². The summed E-state index contributed by atoms with van der Waals surface area (Å²) in [5.41, 5.74) is 10.7. The van der Waals surface area contributed by atoms with Crippen molar-refractivity contribution < 1.29 is 4.74 Å². The molecule has 5 rings (SSSR count). The van der Waals surface area contributed by atoms with Crippen molar-refractivity contribution in [1.82, 2.24) is 24.8 Å². The van der Waals surface area contributed by atoms with Crippen molar-refractivity contribution in [1.29, 1.82) is 0 Å². The maximum atomic E-state index is 5.98. The molecular formula is C27H39N7O. The molecule has 1 aliphatic carbocycles. The van der Waals surface area contributed by atoms with Gasteiger partial charge in [0.25, 0.3) is 0 Å². The maximum absolute atomic E-state index is 5.98. The quantitative estimate of drug-likeness (QED) is 0.341. The Morgan fingerprint density at radius 3 is 2.69 bits per heavy atom. The summed E-state index contributed by atoms with van der Waals surface area (Å²) in [6.07, 6.45) is 8.18. The molecule has 1 saturated heterocycles. The Balaban J connectivity index is 1.29. The first kappa shape index (κ1) is 23.9. The second-order valence-corrected chi connectivity index (χ2v) is 10.2. The van der Waals surface area contributed by atoms with Crippen molar-refractivity contribution in [3.63, 3.8) is 0 Å². The van der Waals surface area contributed by atoms with E-state index in [0.29, 0.717) is 18.0 Å². The normalized spacial score (nSPS) is 17.5. The molecule has 3 heterocycles. The fourth-order valence-electron chi connectivity index (χ4n) is 5.47. The second-order valence-electron chi connectivity index (χ2n) is 10.2. The van der Waals surface area contributed by atoms with Gasteiger partial charge in [0, 0.05) is 49.4 Å². The van der Waals surface area contributed by atoms with Gasteiger partial charge in [-0.2, -0.15) is 4.98 Å². The molecule has 0 atom stereocenters. The Morgan fingerprint density at radius 1 is 1.14 bits per heavy atom. The fourth-order valence-corrected chi connectivity index (χ4v) is 5.47. The van der Waals surface area contributed by atoms with Crippen LogP contribution in [0, 0.1) is 5.92 Å². The lowest BCUT2D eigenvalue weighted by Gasteiger charge is -2.44. The number of nitrogens with zero attached hydrogens (tertiary/aromatic N) is 4. The van der Waals surface area contributed by atoms with Gasteiger partial charge in [-0.25, -0.2) is 4.98 Å². The highest BCUT2D eigenvalue weighted by molar-refractivity contribution is 5.87. The van der Waals surface area contributed by atoms with E-state index in [1.54, 1.807) is 7.11 Å². The largest absolute Gasteiger partial charge is 0.496 e. The molecule has 35 heavy (non-hydrogen) atoms. The first-order valence-electron chi connectivity index (χ1n) is 13.0. The Labute approximate surface area is 208 Å². The number of nitrogens with two attached hydrogens (primary N) is 1. The topological polar surface area (TPSA) is 93.3 Å². The Morgan fingerprint density at radius 2 is 1.97 bits per heavy atom. The minimum atomic E-state index is 0.297. The molecule has 2 fully saturated rings. The van der Waals surface area contributed by atoms with Crippen LogP contribution < -0.4 is 21.1 Å². The number of likely N-dealkylation sites (tertiary alicyclic amines) is 1. The number of hydrogen-bond donors (Lipinski definition) is 3. The highest BCUT2D eigenvalue weighted by Crippen LogP contribution is 2.46. The van der Waals surface area contributed by atoms with Crippen LogP contribution in [0.3, 0.4) is 0 Å². The molecular weight excluding hydrogens is 438 g/mol. The first-order valence-corrected chi connectivity index (χ1v) is 13.0. The van der Waals surface area contributed by atoms with Gasteiger partial charge in [-0.3, -0.25) is 4.90 Å². The van der Waals surface area contributed by atoms with Gasteiger partial charge in [-0.1, -0.05) is 31.9 Å². The van der Waals surface area contributed by atoms with Crippen molar-refractivity contribution in [3.8, 4) is 5.75 Å². The van der Waals surface area contributed by atoms with E-state index >= 15 is 0 Å². The number of rotatable bonds is 12. The molecule has 2 aliphatic rings. The van der Waals surface area contributed by atoms with Crippen LogP contribution in [-0.2, 0) is 13.1 Å². The standard InChI is InChI=1S/C27H39N7O/c1-4-5-6-12-30-25-24-22(31-26(28)32-25)9-13-34(24)16-20-8-7-19(14-23(20)35-3)15-33-17-21(18-33)27(29-2)10-11-27/h7-9,13-14,21,29H,4-6,10-12,15-18H2,1-3H3,(H3,28,30,31,32). The van der Waals surface area contributed by atoms with Crippen LogP contribution in [0.1, 0.15) is 50.2 Å². The fraction of sp³-hybridized carbons (Fsp3) is 0.556. The zero-order chi connectivity index (χ0) is 24.4. The lowest BCUT2D eigenvalue weighted by molar-refractivity contribution is 0.0583. The summed E-state index contributed by atoms with van der Waals surface area (Å²) in [6.45, 7) is 7.08. The van der Waals surface area contributed by atoms with Crippen LogP contribution in [0.15, 0.2) is 30.5 Å². The van der Waals surface area contributed by atoms with Crippen LogP contribution in [-0.4, -0.2) is 58.8 Å². The van der Waals surface area contributed by atoms with E-state index in [0.717, 1.165) is 53.6 Å². The first-order chi connectivity index (χ1) is 17.0. The molecule has 8 nitrogen and oxygen atoms in total. The number of fused-ring (bicyclic) bond motifs is 1. The summed E-state index contributed by atoms with van der Waals surface area (Å²) in [5, 5.41) is 7.03. The zero-order valence-electron chi connectivity index (χ0n) is 21.3. The zero-order valence-corrected chi connectivity index (χ0v) is 21.3. The number of anilines is 2. The summed E-state index contributed by atoms with van der Waals surface area (Å²) in [7, 11) is 3.87. The number of hydrogen-bond acceptors (Lipinski definition) is 7. The molecule has 8 heteroatoms.